The summed E-state index contributed by atoms with van der Waals surface area (Å²) in [5, 5.41) is 6.35. The quantitative estimate of drug-likeness (QED) is 0.703. The highest BCUT2D eigenvalue weighted by molar-refractivity contribution is 6.00. The van der Waals surface area contributed by atoms with Crippen LogP contribution in [0.3, 0.4) is 0 Å². The average molecular weight is 218 g/mol. The van der Waals surface area contributed by atoms with Gasteiger partial charge < -0.3 is 10.6 Å². The zero-order valence-electron chi connectivity index (χ0n) is 10.3. The van der Waals surface area contributed by atoms with Gasteiger partial charge in [0.2, 0.25) is 5.91 Å². The molecule has 0 aromatic heterocycles. The highest BCUT2D eigenvalue weighted by Gasteiger charge is 2.31. The minimum absolute atomic E-state index is 0.0729. The molecule has 2 N–H and O–H groups in total. The van der Waals surface area contributed by atoms with Gasteiger partial charge >= 0.3 is 0 Å². The molecule has 0 fully saturated rings. The van der Waals surface area contributed by atoms with Crippen LogP contribution in [0.2, 0.25) is 0 Å². The molecule has 1 aliphatic heterocycles. The maximum Gasteiger partial charge on any atom is 0.231 e. The number of benzene rings is 1. The van der Waals surface area contributed by atoms with E-state index in [0.717, 1.165) is 16.9 Å². The van der Waals surface area contributed by atoms with Crippen molar-refractivity contribution < 1.29 is 4.79 Å². The van der Waals surface area contributed by atoms with Gasteiger partial charge in [-0.15, -0.1) is 0 Å². The molecule has 2 rings (SSSR count). The monoisotopic (exact) mass is 218 g/mol. The Balaban J connectivity index is 2.49. The number of carbonyl (C=O) groups is 1. The zero-order chi connectivity index (χ0) is 11.9. The fraction of sp³-hybridized carbons (Fsp3) is 0.462. The Hall–Kier alpha value is -1.51. The van der Waals surface area contributed by atoms with Gasteiger partial charge in [-0.2, -0.15) is 0 Å². The van der Waals surface area contributed by atoms with Gasteiger partial charge in [0.25, 0.3) is 0 Å². The van der Waals surface area contributed by atoms with E-state index in [-0.39, 0.29) is 11.3 Å². The second-order valence-electron chi connectivity index (χ2n) is 5.20. The van der Waals surface area contributed by atoms with Crippen LogP contribution in [0.4, 0.5) is 11.4 Å². The van der Waals surface area contributed by atoms with Crippen molar-refractivity contribution in [1.82, 2.24) is 0 Å². The van der Waals surface area contributed by atoms with E-state index in [1.807, 2.05) is 26.8 Å². The van der Waals surface area contributed by atoms with Crippen LogP contribution in [0.5, 0.6) is 0 Å². The maximum absolute atomic E-state index is 12.0. The Morgan fingerprint density at radius 3 is 2.62 bits per heavy atom. The van der Waals surface area contributed by atoms with Crippen LogP contribution >= 0.6 is 0 Å². The van der Waals surface area contributed by atoms with Crippen LogP contribution in [0, 0.1) is 19.3 Å². The Labute approximate surface area is 96.2 Å². The SMILES string of the molecule is Cc1cc(C)c2c(c1)NC(=O)C(C)(C)CN2. The lowest BCUT2D eigenvalue weighted by Crippen LogP contribution is -2.34. The molecule has 0 saturated heterocycles. The van der Waals surface area contributed by atoms with Gasteiger partial charge in [-0.1, -0.05) is 6.07 Å². The first-order valence-corrected chi connectivity index (χ1v) is 5.57. The number of carbonyl (C=O) groups excluding carboxylic acids is 1. The molecule has 1 amide bonds. The third-order valence-corrected chi connectivity index (χ3v) is 3.05. The second kappa shape index (κ2) is 3.51. The predicted octanol–water partition coefficient (Wildman–Crippen LogP) is 2.69. The van der Waals surface area contributed by atoms with Crippen molar-refractivity contribution in [2.24, 2.45) is 5.41 Å². The molecule has 0 bridgehead atoms. The van der Waals surface area contributed by atoms with E-state index < -0.39 is 0 Å². The number of hydrogen-bond donors (Lipinski definition) is 2. The van der Waals surface area contributed by atoms with Crippen molar-refractivity contribution in [1.29, 1.82) is 0 Å². The first-order valence-electron chi connectivity index (χ1n) is 5.57. The smallest absolute Gasteiger partial charge is 0.231 e. The van der Waals surface area contributed by atoms with E-state index in [0.29, 0.717) is 6.54 Å². The Morgan fingerprint density at radius 1 is 1.25 bits per heavy atom. The molecule has 3 nitrogen and oxygen atoms in total. The summed E-state index contributed by atoms with van der Waals surface area (Å²) in [6, 6.07) is 4.13. The second-order valence-corrected chi connectivity index (χ2v) is 5.20. The van der Waals surface area contributed by atoms with Crippen LogP contribution in [-0.4, -0.2) is 12.5 Å². The van der Waals surface area contributed by atoms with E-state index in [1.54, 1.807) is 0 Å². The maximum atomic E-state index is 12.0. The molecule has 1 heterocycles. The van der Waals surface area contributed by atoms with Crippen molar-refractivity contribution in [3.8, 4) is 0 Å². The molecule has 0 unspecified atom stereocenters. The summed E-state index contributed by atoms with van der Waals surface area (Å²) in [4.78, 5) is 12.0. The van der Waals surface area contributed by atoms with Gasteiger partial charge in [-0.05, 0) is 44.9 Å². The van der Waals surface area contributed by atoms with Crippen molar-refractivity contribution in [2.75, 3.05) is 17.2 Å². The lowest BCUT2D eigenvalue weighted by molar-refractivity contribution is -0.123. The van der Waals surface area contributed by atoms with Crippen LogP contribution in [0.1, 0.15) is 25.0 Å². The van der Waals surface area contributed by atoms with Gasteiger partial charge in [0, 0.05) is 6.54 Å². The molecule has 0 atom stereocenters. The summed E-state index contributed by atoms with van der Waals surface area (Å²) >= 11 is 0. The molecular formula is C13H18N2O. The molecule has 0 radical (unpaired) electrons. The summed E-state index contributed by atoms with van der Waals surface area (Å²) in [5.41, 5.74) is 3.91. The van der Waals surface area contributed by atoms with E-state index in [1.165, 1.54) is 5.56 Å². The van der Waals surface area contributed by atoms with Gasteiger partial charge in [-0.25, -0.2) is 0 Å². The van der Waals surface area contributed by atoms with Gasteiger partial charge in [0.05, 0.1) is 16.8 Å². The first kappa shape index (κ1) is 11.0. The van der Waals surface area contributed by atoms with Crippen molar-refractivity contribution in [2.45, 2.75) is 27.7 Å². The molecule has 0 saturated carbocycles. The first-order chi connectivity index (χ1) is 7.40. The molecule has 3 heteroatoms. The van der Waals surface area contributed by atoms with E-state index in [4.69, 9.17) is 0 Å². The molecule has 1 aliphatic rings. The fourth-order valence-electron chi connectivity index (χ4n) is 1.98. The lowest BCUT2D eigenvalue weighted by Gasteiger charge is -2.19. The summed E-state index contributed by atoms with van der Waals surface area (Å²) in [5.74, 6) is 0.0729. The highest BCUT2D eigenvalue weighted by Crippen LogP contribution is 2.33. The standard InChI is InChI=1S/C13H18N2O/c1-8-5-9(2)11-10(6-8)15-12(16)13(3,4)7-14-11/h5-6,14H,7H2,1-4H3,(H,15,16). The number of anilines is 2. The summed E-state index contributed by atoms with van der Waals surface area (Å²) in [6.07, 6.45) is 0. The zero-order valence-corrected chi connectivity index (χ0v) is 10.3. The molecule has 0 aliphatic carbocycles. The Kier molecular flexibility index (Phi) is 2.41. The van der Waals surface area contributed by atoms with Crippen LogP contribution in [-0.2, 0) is 4.79 Å². The Bertz CT molecular complexity index is 449. The molecular weight excluding hydrogens is 200 g/mol. The van der Waals surface area contributed by atoms with E-state index in [9.17, 15) is 4.79 Å². The number of aryl methyl sites for hydroxylation is 2. The minimum atomic E-state index is -0.376. The van der Waals surface area contributed by atoms with Gasteiger partial charge in [-0.3, -0.25) is 4.79 Å². The topological polar surface area (TPSA) is 41.1 Å². The fourth-order valence-corrected chi connectivity index (χ4v) is 1.98. The molecule has 0 spiro atoms. The van der Waals surface area contributed by atoms with Crippen molar-refractivity contribution >= 4 is 17.3 Å². The number of nitrogens with one attached hydrogen (secondary N) is 2. The number of fused-ring (bicyclic) bond motifs is 1. The molecule has 86 valence electrons. The number of hydrogen-bond acceptors (Lipinski definition) is 2. The third kappa shape index (κ3) is 1.77. The third-order valence-electron chi connectivity index (χ3n) is 3.05. The van der Waals surface area contributed by atoms with Gasteiger partial charge in [0.15, 0.2) is 0 Å². The summed E-state index contributed by atoms with van der Waals surface area (Å²) in [7, 11) is 0. The van der Waals surface area contributed by atoms with Crippen molar-refractivity contribution in [3.63, 3.8) is 0 Å². The van der Waals surface area contributed by atoms with Crippen molar-refractivity contribution in [3.05, 3.63) is 23.3 Å². The average Bonchev–Trinajstić information content (AvgIpc) is 2.25. The minimum Gasteiger partial charge on any atom is -0.382 e. The van der Waals surface area contributed by atoms with Crippen LogP contribution in [0.25, 0.3) is 0 Å². The highest BCUT2D eigenvalue weighted by atomic mass is 16.2. The lowest BCUT2D eigenvalue weighted by atomic mass is 9.93. The largest absolute Gasteiger partial charge is 0.382 e. The molecule has 1 aromatic rings. The normalized spacial score (nSPS) is 18.1. The predicted molar refractivity (Wildman–Crippen MR) is 66.8 cm³/mol. The van der Waals surface area contributed by atoms with Gasteiger partial charge in [0.1, 0.15) is 0 Å². The van der Waals surface area contributed by atoms with Crippen LogP contribution < -0.4 is 10.6 Å². The van der Waals surface area contributed by atoms with E-state index in [2.05, 4.69) is 23.6 Å². The molecule has 1 aromatic carbocycles. The molecule has 16 heavy (non-hydrogen) atoms. The van der Waals surface area contributed by atoms with Crippen LogP contribution in [0.15, 0.2) is 12.1 Å². The summed E-state index contributed by atoms with van der Waals surface area (Å²) in [6.45, 7) is 8.65. The number of amides is 1. The Morgan fingerprint density at radius 2 is 1.94 bits per heavy atom. The van der Waals surface area contributed by atoms with E-state index >= 15 is 0 Å². The number of rotatable bonds is 0. The summed E-state index contributed by atoms with van der Waals surface area (Å²) < 4.78 is 0.